The molecule has 1 heterocycles. The molecule has 0 aliphatic carbocycles. The van der Waals surface area contributed by atoms with Crippen LogP contribution in [0.3, 0.4) is 0 Å². The fourth-order valence-electron chi connectivity index (χ4n) is 4.03. The van der Waals surface area contributed by atoms with E-state index in [-0.39, 0.29) is 47.0 Å². The summed E-state index contributed by atoms with van der Waals surface area (Å²) in [6.07, 6.45) is -0.805. The molecule has 4 rings (SSSR count). The Hall–Kier alpha value is -3.66. The number of methoxy groups -OCH3 is 1. The van der Waals surface area contributed by atoms with E-state index in [1.165, 1.54) is 37.4 Å². The third-order valence-corrected chi connectivity index (χ3v) is 7.45. The van der Waals surface area contributed by atoms with Crippen molar-refractivity contribution in [2.45, 2.75) is 30.8 Å². The maximum atomic E-state index is 14.3. The van der Waals surface area contributed by atoms with E-state index in [0.29, 0.717) is 11.6 Å². The molecule has 0 bridgehead atoms. The first-order valence-corrected chi connectivity index (χ1v) is 12.2. The van der Waals surface area contributed by atoms with Gasteiger partial charge in [0, 0.05) is 18.1 Å². The molecule has 0 unspecified atom stereocenters. The van der Waals surface area contributed by atoms with E-state index in [4.69, 9.17) is 14.6 Å². The van der Waals surface area contributed by atoms with Gasteiger partial charge in [-0.15, -0.1) is 0 Å². The van der Waals surface area contributed by atoms with E-state index in [2.05, 4.69) is 0 Å². The summed E-state index contributed by atoms with van der Waals surface area (Å²) in [4.78, 5) is 11.1. The Morgan fingerprint density at radius 2 is 1.94 bits per heavy atom. The average Bonchev–Trinajstić information content (AvgIpc) is 2.81. The van der Waals surface area contributed by atoms with E-state index >= 15 is 0 Å². The van der Waals surface area contributed by atoms with Gasteiger partial charge in [0.2, 0.25) is 0 Å². The summed E-state index contributed by atoms with van der Waals surface area (Å²) in [5, 5.41) is 9.07. The van der Waals surface area contributed by atoms with Gasteiger partial charge in [-0.3, -0.25) is 9.10 Å². The van der Waals surface area contributed by atoms with Crippen LogP contribution in [0.5, 0.6) is 11.5 Å². The normalized spacial score (nSPS) is 15.3. The molecule has 184 valence electrons. The molecule has 0 radical (unpaired) electrons. The zero-order chi connectivity index (χ0) is 25.3. The Morgan fingerprint density at radius 1 is 1.17 bits per heavy atom. The lowest BCUT2D eigenvalue weighted by Crippen LogP contribution is -2.43. The van der Waals surface area contributed by atoms with Gasteiger partial charge in [-0.2, -0.15) is 0 Å². The first kappa shape index (κ1) is 24.5. The third kappa shape index (κ3) is 4.93. The predicted octanol–water partition coefficient (Wildman–Crippen LogP) is 4.77. The topological polar surface area (TPSA) is 93.1 Å². The summed E-state index contributed by atoms with van der Waals surface area (Å²) in [6.45, 7) is 1.64. The van der Waals surface area contributed by atoms with Crippen LogP contribution in [-0.2, 0) is 14.8 Å². The number of carboxylic acid groups (broad SMARTS) is 1. The van der Waals surface area contributed by atoms with Gasteiger partial charge in [-0.1, -0.05) is 18.2 Å². The fourth-order valence-corrected chi connectivity index (χ4v) is 5.63. The number of benzene rings is 3. The molecule has 0 amide bonds. The maximum Gasteiger partial charge on any atom is 0.303 e. The summed E-state index contributed by atoms with van der Waals surface area (Å²) in [6, 6.07) is 12.7. The molecular formula is C25H23F2NO6S. The number of ether oxygens (including phenoxy) is 2. The minimum Gasteiger partial charge on any atom is -0.493 e. The van der Waals surface area contributed by atoms with Crippen molar-refractivity contribution in [2.24, 2.45) is 0 Å². The van der Waals surface area contributed by atoms with Crippen LogP contribution in [-0.4, -0.2) is 39.3 Å². The number of nitrogens with zero attached hydrogens (tertiary/aromatic N) is 1. The number of anilines is 1. The number of halogens is 2. The van der Waals surface area contributed by atoms with Crippen LogP contribution < -0.4 is 13.8 Å². The van der Waals surface area contributed by atoms with Gasteiger partial charge in [0.15, 0.2) is 11.6 Å². The van der Waals surface area contributed by atoms with Gasteiger partial charge < -0.3 is 14.6 Å². The van der Waals surface area contributed by atoms with Crippen molar-refractivity contribution in [3.63, 3.8) is 0 Å². The predicted molar refractivity (Wildman–Crippen MR) is 125 cm³/mol. The second kappa shape index (κ2) is 9.53. The van der Waals surface area contributed by atoms with Crippen molar-refractivity contribution < 1.29 is 36.6 Å². The van der Waals surface area contributed by atoms with Crippen LogP contribution in [0.4, 0.5) is 14.5 Å². The molecule has 1 aliphatic rings. The molecule has 0 aromatic heterocycles. The molecule has 3 aromatic carbocycles. The molecule has 10 heteroatoms. The van der Waals surface area contributed by atoms with E-state index < -0.39 is 33.7 Å². The van der Waals surface area contributed by atoms with Crippen molar-refractivity contribution in [1.29, 1.82) is 0 Å². The summed E-state index contributed by atoms with van der Waals surface area (Å²) in [5.74, 6) is -2.71. The van der Waals surface area contributed by atoms with Crippen molar-refractivity contribution in [2.75, 3.05) is 18.0 Å². The second-order valence-corrected chi connectivity index (χ2v) is 10.0. The molecule has 1 N–H and O–H groups in total. The minimum atomic E-state index is -4.07. The molecule has 3 aromatic rings. The first-order chi connectivity index (χ1) is 16.6. The van der Waals surface area contributed by atoms with Gasteiger partial charge in [-0.25, -0.2) is 17.2 Å². The van der Waals surface area contributed by atoms with Crippen molar-refractivity contribution in [3.8, 4) is 22.6 Å². The van der Waals surface area contributed by atoms with Crippen LogP contribution in [0.1, 0.15) is 18.4 Å². The zero-order valence-electron chi connectivity index (χ0n) is 19.0. The fraction of sp³-hybridized carbons (Fsp3) is 0.240. The minimum absolute atomic E-state index is 0.0575. The highest BCUT2D eigenvalue weighted by atomic mass is 32.2. The monoisotopic (exact) mass is 503 g/mol. The number of aliphatic carboxylic acids is 1. The van der Waals surface area contributed by atoms with Crippen LogP contribution in [0.25, 0.3) is 11.1 Å². The van der Waals surface area contributed by atoms with Crippen LogP contribution in [0.15, 0.2) is 59.5 Å². The van der Waals surface area contributed by atoms with Gasteiger partial charge in [0.1, 0.15) is 17.7 Å². The van der Waals surface area contributed by atoms with Gasteiger partial charge in [0.25, 0.3) is 10.0 Å². The highest BCUT2D eigenvalue weighted by molar-refractivity contribution is 7.92. The number of rotatable bonds is 7. The van der Waals surface area contributed by atoms with E-state index in [9.17, 15) is 22.0 Å². The van der Waals surface area contributed by atoms with Crippen molar-refractivity contribution in [3.05, 3.63) is 71.8 Å². The average molecular weight is 504 g/mol. The Morgan fingerprint density at radius 3 is 2.63 bits per heavy atom. The molecule has 35 heavy (non-hydrogen) atoms. The van der Waals surface area contributed by atoms with Gasteiger partial charge in [-0.05, 0) is 54.8 Å². The zero-order valence-corrected chi connectivity index (χ0v) is 19.8. The number of fused-ring (bicyclic) bond motifs is 1. The third-order valence-electron chi connectivity index (χ3n) is 5.67. The summed E-state index contributed by atoms with van der Waals surface area (Å²) in [5.41, 5.74) is 1.34. The lowest BCUT2D eigenvalue weighted by Gasteiger charge is -2.36. The van der Waals surface area contributed by atoms with Crippen molar-refractivity contribution >= 4 is 21.7 Å². The highest BCUT2D eigenvalue weighted by Crippen LogP contribution is 2.42. The molecule has 1 atom stereocenters. The number of carboxylic acids is 1. The molecule has 7 nitrogen and oxygen atoms in total. The molecule has 1 aliphatic heterocycles. The number of sulfonamides is 1. The van der Waals surface area contributed by atoms with E-state index in [1.807, 2.05) is 0 Å². The number of hydrogen-bond acceptors (Lipinski definition) is 5. The van der Waals surface area contributed by atoms with Gasteiger partial charge >= 0.3 is 5.97 Å². The second-order valence-electron chi connectivity index (χ2n) is 8.18. The standard InChI is InChI=1S/C25H23F2NO6S/c1-15-4-3-5-19(10-15)35(31,32)28-14-18(7-9-24(29)30)34-23-8-6-16(11-22(23)28)20-12-17(26)13-21(27)25(20)33-2/h3-6,8,10-13,18H,7,9,14H2,1-2H3,(H,29,30)/t18-/m0/s1. The largest absolute Gasteiger partial charge is 0.493 e. The Bertz CT molecular complexity index is 1390. The smallest absolute Gasteiger partial charge is 0.303 e. The number of aryl methyl sites for hydroxylation is 1. The summed E-state index contributed by atoms with van der Waals surface area (Å²) >= 11 is 0. The SMILES string of the molecule is COc1c(F)cc(F)cc1-c1ccc2c(c1)N(S(=O)(=O)c1cccc(C)c1)C[C@H](CCC(=O)O)O2. The number of carbonyl (C=O) groups is 1. The van der Waals surface area contributed by atoms with Crippen LogP contribution >= 0.6 is 0 Å². The quantitative estimate of drug-likeness (QED) is 0.499. The molecule has 0 fully saturated rings. The van der Waals surface area contributed by atoms with E-state index in [1.54, 1.807) is 19.1 Å². The van der Waals surface area contributed by atoms with E-state index in [0.717, 1.165) is 15.9 Å². The number of hydrogen-bond donors (Lipinski definition) is 1. The lowest BCUT2D eigenvalue weighted by molar-refractivity contribution is -0.137. The Kier molecular flexibility index (Phi) is 6.66. The molecule has 0 saturated carbocycles. The molecule has 0 spiro atoms. The molecule has 0 saturated heterocycles. The Labute approximate surface area is 201 Å². The van der Waals surface area contributed by atoms with Gasteiger partial charge in [0.05, 0.1) is 24.2 Å². The summed E-state index contributed by atoms with van der Waals surface area (Å²) < 4.78 is 67.9. The first-order valence-electron chi connectivity index (χ1n) is 10.8. The van der Waals surface area contributed by atoms with Crippen molar-refractivity contribution in [1.82, 2.24) is 0 Å². The highest BCUT2D eigenvalue weighted by Gasteiger charge is 2.35. The van der Waals surface area contributed by atoms with Crippen LogP contribution in [0.2, 0.25) is 0 Å². The summed E-state index contributed by atoms with van der Waals surface area (Å²) in [7, 11) is -2.82. The lowest BCUT2D eigenvalue weighted by atomic mass is 10.0. The Balaban J connectivity index is 1.85. The maximum absolute atomic E-state index is 14.3. The molecular weight excluding hydrogens is 480 g/mol. The van der Waals surface area contributed by atoms with Crippen LogP contribution in [0, 0.1) is 18.6 Å².